The van der Waals surface area contributed by atoms with Crippen LogP contribution in [0.5, 0.6) is 0 Å². The van der Waals surface area contributed by atoms with Gasteiger partial charge in [-0.25, -0.2) is 0 Å². The Morgan fingerprint density at radius 2 is 1.21 bits per heavy atom. The van der Waals surface area contributed by atoms with Gasteiger partial charge >= 0.3 is 134 Å². The first kappa shape index (κ1) is 15.0. The molecule has 2 aliphatic heterocycles. The molecule has 0 bridgehead atoms. The summed E-state index contributed by atoms with van der Waals surface area (Å²) in [6, 6.07) is 0. The zero-order valence-corrected chi connectivity index (χ0v) is 18.0. The molecule has 0 aromatic carbocycles. The van der Waals surface area contributed by atoms with Gasteiger partial charge < -0.3 is 0 Å². The normalized spacial score (nSPS) is 15.8. The van der Waals surface area contributed by atoms with Crippen molar-refractivity contribution in [3.63, 3.8) is 0 Å². The van der Waals surface area contributed by atoms with E-state index in [1.54, 1.807) is 0 Å². The summed E-state index contributed by atoms with van der Waals surface area (Å²) in [6.45, 7) is 0. The van der Waals surface area contributed by atoms with Crippen LogP contribution in [0, 0.1) is 0 Å². The average Bonchev–Trinajstić information content (AvgIpc) is 2.49. The van der Waals surface area contributed by atoms with Gasteiger partial charge in [-0.15, -0.1) is 0 Å². The molecule has 0 saturated carbocycles. The Labute approximate surface area is 132 Å². The molecule has 4 nitrogen and oxygen atoms in total. The molecule has 0 spiro atoms. The third-order valence-corrected chi connectivity index (χ3v) is 14.7. The minimum absolute atomic E-state index is 0.162. The monoisotopic (exact) mass is 574 g/mol. The summed E-state index contributed by atoms with van der Waals surface area (Å²) in [4.78, 5) is 30.8. The summed E-state index contributed by atoms with van der Waals surface area (Å²) in [5, 5.41) is 0. The van der Waals surface area contributed by atoms with E-state index in [4.69, 9.17) is 5.37 Å². The summed E-state index contributed by atoms with van der Waals surface area (Å²) in [5.74, 6) is 0. The van der Waals surface area contributed by atoms with E-state index in [9.17, 15) is 9.59 Å². The van der Waals surface area contributed by atoms with Crippen molar-refractivity contribution < 1.29 is 15.0 Å². The topological polar surface area (TPSA) is 52.6 Å². The van der Waals surface area contributed by atoms with Crippen LogP contribution in [-0.2, 0) is 5.37 Å². The fourth-order valence-electron chi connectivity index (χ4n) is 1.36. The van der Waals surface area contributed by atoms with Crippen LogP contribution in [0.2, 0.25) is 0 Å². The van der Waals surface area contributed by atoms with Crippen LogP contribution >= 0.6 is 0 Å². The number of carbonyl (C=O) groups is 2. The maximum atomic E-state index is 11.7. The second kappa shape index (κ2) is 8.05. The van der Waals surface area contributed by atoms with Gasteiger partial charge in [-0.05, 0) is 0 Å². The zero-order valence-electron chi connectivity index (χ0n) is 9.91. The van der Waals surface area contributed by atoms with E-state index in [-0.39, 0.29) is 9.60 Å². The van der Waals surface area contributed by atoms with Crippen LogP contribution in [0.1, 0.15) is 0 Å². The number of rotatable bonds is 4. The molecular weight excluding hydrogens is 561 g/mol. The van der Waals surface area contributed by atoms with Crippen molar-refractivity contribution in [3.8, 4) is 0 Å². The molecule has 2 rings (SSSR count). The van der Waals surface area contributed by atoms with Crippen LogP contribution < -0.4 is 0 Å². The molecular formula is C12H10Ge2O4Pb. The molecule has 19 heavy (non-hydrogen) atoms. The fraction of sp³-hybridized carbons (Fsp3) is 0. The van der Waals surface area contributed by atoms with E-state index in [0.717, 1.165) is 0 Å². The van der Waals surface area contributed by atoms with Gasteiger partial charge in [-0.1, -0.05) is 0 Å². The molecule has 2 aliphatic rings. The van der Waals surface area contributed by atoms with Crippen LogP contribution in [0.25, 0.3) is 0 Å². The molecule has 2 radical (unpaired) electrons. The van der Waals surface area contributed by atoms with E-state index in [1.807, 2.05) is 56.0 Å². The molecule has 94 valence electrons. The molecule has 0 fully saturated rings. The predicted octanol–water partition coefficient (Wildman–Crippen LogP) is 1.05. The third kappa shape index (κ3) is 4.92. The average molecular weight is 571 g/mol. The number of hydrogen-bond donors (Lipinski definition) is 0. The van der Waals surface area contributed by atoms with Crippen molar-refractivity contribution in [1.82, 2.24) is 0 Å². The van der Waals surface area contributed by atoms with Crippen molar-refractivity contribution in [2.24, 2.45) is 0 Å². The Morgan fingerprint density at radius 1 is 0.737 bits per heavy atom. The molecule has 0 atom stereocenters. The molecule has 0 N–H and O–H groups in total. The molecule has 0 aromatic rings. The predicted molar refractivity (Wildman–Crippen MR) is 78.9 cm³/mol. The second-order valence-electron chi connectivity index (χ2n) is 3.59. The standard InChI is InChI=1S/2C6H6GeO2.Pb/c2*8-6(9)7-4-2-1-3-5-7;/h2*1-5H,(H,8,9);/q;;+2/p-2. The Morgan fingerprint density at radius 3 is 1.58 bits per heavy atom. The van der Waals surface area contributed by atoms with E-state index < -0.39 is 53.0 Å². The van der Waals surface area contributed by atoms with Crippen LogP contribution in [-0.4, -0.2) is 72.3 Å². The van der Waals surface area contributed by atoms with Crippen LogP contribution in [0.15, 0.2) is 46.3 Å². The Hall–Kier alpha value is -0.352. The molecule has 0 saturated heterocycles. The van der Waals surface area contributed by atoms with E-state index >= 15 is 0 Å². The van der Waals surface area contributed by atoms with Gasteiger partial charge in [-0.2, -0.15) is 0 Å². The van der Waals surface area contributed by atoms with Crippen LogP contribution in [0.3, 0.4) is 0 Å². The van der Waals surface area contributed by atoms with E-state index in [1.165, 1.54) is 0 Å². The van der Waals surface area contributed by atoms with Gasteiger partial charge in [0.2, 0.25) is 0 Å². The van der Waals surface area contributed by atoms with E-state index in [2.05, 4.69) is 0 Å². The summed E-state index contributed by atoms with van der Waals surface area (Å²) in [5.41, 5.74) is 0. The van der Waals surface area contributed by atoms with Gasteiger partial charge in [0.15, 0.2) is 0 Å². The van der Waals surface area contributed by atoms with Gasteiger partial charge in [0, 0.05) is 0 Å². The fourth-order valence-corrected chi connectivity index (χ4v) is 13.2. The first-order valence-corrected chi connectivity index (χ1v) is 15.7. The van der Waals surface area contributed by atoms with Gasteiger partial charge in [-0.3, -0.25) is 0 Å². The summed E-state index contributed by atoms with van der Waals surface area (Å²) >= 11 is -6.07. The molecule has 0 aliphatic carbocycles. The minimum atomic E-state index is -2.05. The summed E-state index contributed by atoms with van der Waals surface area (Å²) in [7, 11) is 0. The SMILES string of the molecule is O=[C]([O][Pb][O][C](=O)[Ge]1=[CH]C=CC=[CH]1)[Ge]1=[CH]C=CC=[CH]1. The molecule has 0 unspecified atom stereocenters. The van der Waals surface area contributed by atoms with Gasteiger partial charge in [0.1, 0.15) is 0 Å². The second-order valence-corrected chi connectivity index (χ2v) is 14.2. The van der Waals surface area contributed by atoms with Gasteiger partial charge in [0.25, 0.3) is 0 Å². The van der Waals surface area contributed by atoms with Crippen molar-refractivity contribution in [3.05, 3.63) is 46.3 Å². The Bertz CT molecular complexity index is 520. The Kier molecular flexibility index (Phi) is 6.37. The maximum absolute atomic E-state index is 11.7. The molecule has 0 amide bonds. The van der Waals surface area contributed by atoms with Crippen molar-refractivity contribution in [1.29, 1.82) is 0 Å². The Balaban J connectivity index is 1.78. The summed E-state index contributed by atoms with van der Waals surface area (Å²) < 4.78 is 10.4. The van der Waals surface area contributed by atoms with Crippen molar-refractivity contribution >= 4 is 72.3 Å². The third-order valence-electron chi connectivity index (χ3n) is 2.29. The summed E-state index contributed by atoms with van der Waals surface area (Å²) in [6.07, 6.45) is 11.3. The molecule has 7 heteroatoms. The number of hydrogen-bond acceptors (Lipinski definition) is 4. The quantitative estimate of drug-likeness (QED) is 0.475. The van der Waals surface area contributed by atoms with Gasteiger partial charge in [0.05, 0.1) is 0 Å². The van der Waals surface area contributed by atoms with Crippen LogP contribution in [0.4, 0.5) is 9.59 Å². The zero-order chi connectivity index (χ0) is 13.5. The molecule has 2 heterocycles. The van der Waals surface area contributed by atoms with E-state index in [0.29, 0.717) is 0 Å². The first-order chi connectivity index (χ1) is 9.27. The van der Waals surface area contributed by atoms with Crippen molar-refractivity contribution in [2.75, 3.05) is 0 Å². The molecule has 0 aromatic heterocycles. The van der Waals surface area contributed by atoms with Crippen molar-refractivity contribution in [2.45, 2.75) is 0 Å². The first-order valence-electron chi connectivity index (χ1n) is 5.55. The number of carbonyl (C=O) groups excluding carboxylic acids is 2. The number of allylic oxidation sites excluding steroid dienone is 6.